The maximum Gasteiger partial charge on any atom is 0.337 e. The molecule has 2 rings (SSSR count). The fourth-order valence-corrected chi connectivity index (χ4v) is 1.47. The predicted molar refractivity (Wildman–Crippen MR) is 70.9 cm³/mol. The van der Waals surface area contributed by atoms with Gasteiger partial charge in [-0.15, -0.1) is 12.4 Å². The molecule has 0 aliphatic heterocycles. The van der Waals surface area contributed by atoms with Gasteiger partial charge in [0.05, 0.1) is 17.4 Å². The number of carbonyl (C=O) groups is 1. The average molecular weight is 304 g/mol. The second-order valence-electron chi connectivity index (χ2n) is 3.31. The van der Waals surface area contributed by atoms with E-state index < -0.39 is 11.8 Å². The zero-order valence-electron chi connectivity index (χ0n) is 9.30. The highest BCUT2D eigenvalue weighted by Gasteiger charge is 2.12. The zero-order valence-corrected chi connectivity index (χ0v) is 10.9. The number of aromatic carboxylic acids is 1. The number of aromatic nitrogens is 2. The predicted octanol–water partition coefficient (Wildman–Crippen LogP) is 3.13. The molecule has 0 aliphatic carbocycles. The molecule has 0 spiro atoms. The number of nitrogens with one attached hydrogen (secondary N) is 1. The van der Waals surface area contributed by atoms with Crippen molar-refractivity contribution in [1.82, 2.24) is 9.97 Å². The van der Waals surface area contributed by atoms with Crippen LogP contribution in [0.15, 0.2) is 30.5 Å². The smallest absolute Gasteiger partial charge is 0.337 e. The molecule has 0 saturated heterocycles. The van der Waals surface area contributed by atoms with Crippen LogP contribution in [0, 0.1) is 5.82 Å². The molecule has 0 fully saturated rings. The standard InChI is InChI=1S/C11H7ClFN3O2.ClH/c12-11-14-5-7(13)9(16-11)15-8-4-2-1-3-6(8)10(17)18;/h1-5H,(H,17,18)(H,14,15,16);1H. The van der Waals surface area contributed by atoms with E-state index >= 15 is 0 Å². The monoisotopic (exact) mass is 303 g/mol. The summed E-state index contributed by atoms with van der Waals surface area (Å²) >= 11 is 5.54. The lowest BCUT2D eigenvalue weighted by atomic mass is 10.2. The highest BCUT2D eigenvalue weighted by molar-refractivity contribution is 6.28. The Bertz CT molecular complexity index is 610. The molecule has 1 heterocycles. The molecule has 19 heavy (non-hydrogen) atoms. The van der Waals surface area contributed by atoms with Gasteiger partial charge in [0.1, 0.15) is 0 Å². The van der Waals surface area contributed by atoms with Crippen LogP contribution in [0.1, 0.15) is 10.4 Å². The Kier molecular flexibility index (Phi) is 5.02. The van der Waals surface area contributed by atoms with Crippen molar-refractivity contribution in [1.29, 1.82) is 0 Å². The minimum Gasteiger partial charge on any atom is -0.478 e. The van der Waals surface area contributed by atoms with E-state index in [0.717, 1.165) is 6.20 Å². The van der Waals surface area contributed by atoms with Gasteiger partial charge < -0.3 is 10.4 Å². The minimum absolute atomic E-state index is 0. The summed E-state index contributed by atoms with van der Waals surface area (Å²) < 4.78 is 13.4. The quantitative estimate of drug-likeness (QED) is 0.852. The van der Waals surface area contributed by atoms with E-state index in [1.807, 2.05) is 0 Å². The third kappa shape index (κ3) is 3.52. The van der Waals surface area contributed by atoms with E-state index in [2.05, 4.69) is 15.3 Å². The lowest BCUT2D eigenvalue weighted by Gasteiger charge is -2.09. The number of carboxylic acids is 1. The van der Waals surface area contributed by atoms with Gasteiger partial charge in [-0.05, 0) is 23.7 Å². The van der Waals surface area contributed by atoms with E-state index in [1.54, 1.807) is 12.1 Å². The van der Waals surface area contributed by atoms with Crippen molar-refractivity contribution < 1.29 is 14.3 Å². The van der Waals surface area contributed by atoms with Crippen LogP contribution in [0.5, 0.6) is 0 Å². The highest BCUT2D eigenvalue weighted by atomic mass is 35.5. The van der Waals surface area contributed by atoms with Gasteiger partial charge in [-0.25, -0.2) is 14.2 Å². The Morgan fingerprint density at radius 1 is 1.37 bits per heavy atom. The molecule has 8 heteroatoms. The van der Waals surface area contributed by atoms with Gasteiger partial charge in [0.15, 0.2) is 11.6 Å². The number of nitrogens with zero attached hydrogens (tertiary/aromatic N) is 2. The van der Waals surface area contributed by atoms with Crippen molar-refractivity contribution >= 4 is 41.5 Å². The highest BCUT2D eigenvalue weighted by Crippen LogP contribution is 2.22. The zero-order chi connectivity index (χ0) is 13.1. The number of benzene rings is 1. The van der Waals surface area contributed by atoms with Crippen LogP contribution in [0.4, 0.5) is 15.9 Å². The number of anilines is 2. The maximum absolute atomic E-state index is 13.4. The molecule has 1 aromatic heterocycles. The molecule has 0 aliphatic rings. The number of rotatable bonds is 3. The first kappa shape index (κ1) is 15.1. The molecule has 0 amide bonds. The van der Waals surface area contributed by atoms with Crippen LogP contribution in [0.2, 0.25) is 5.28 Å². The molecule has 2 aromatic rings. The summed E-state index contributed by atoms with van der Waals surface area (Å²) in [6.45, 7) is 0. The van der Waals surface area contributed by atoms with Crippen LogP contribution in [0.25, 0.3) is 0 Å². The SMILES string of the molecule is Cl.O=C(O)c1ccccc1Nc1nc(Cl)ncc1F. The van der Waals surface area contributed by atoms with Gasteiger partial charge in [0.2, 0.25) is 5.28 Å². The number of hydrogen-bond acceptors (Lipinski definition) is 4. The van der Waals surface area contributed by atoms with Crippen LogP contribution >= 0.6 is 24.0 Å². The van der Waals surface area contributed by atoms with Gasteiger partial charge in [0.25, 0.3) is 0 Å². The Hall–Kier alpha value is -1.92. The third-order valence-electron chi connectivity index (χ3n) is 2.13. The molecule has 0 saturated carbocycles. The van der Waals surface area contributed by atoms with Gasteiger partial charge in [0, 0.05) is 0 Å². The summed E-state index contributed by atoms with van der Waals surface area (Å²) in [6.07, 6.45) is 0.904. The van der Waals surface area contributed by atoms with Gasteiger partial charge >= 0.3 is 5.97 Å². The van der Waals surface area contributed by atoms with Crippen LogP contribution in [-0.4, -0.2) is 21.0 Å². The fourth-order valence-electron chi connectivity index (χ4n) is 1.34. The van der Waals surface area contributed by atoms with Gasteiger partial charge in [-0.1, -0.05) is 12.1 Å². The largest absolute Gasteiger partial charge is 0.478 e. The molecule has 1 aromatic carbocycles. The minimum atomic E-state index is -1.13. The molecule has 0 atom stereocenters. The number of para-hydroxylation sites is 1. The van der Waals surface area contributed by atoms with Gasteiger partial charge in [-0.3, -0.25) is 0 Å². The number of hydrogen-bond donors (Lipinski definition) is 2. The summed E-state index contributed by atoms with van der Waals surface area (Å²) in [5, 5.41) is 11.4. The Labute approximate surface area is 118 Å². The fraction of sp³-hybridized carbons (Fsp3) is 0. The Balaban J connectivity index is 0.00000180. The molecular formula is C11H8Cl2FN3O2. The van der Waals surface area contributed by atoms with E-state index in [0.29, 0.717) is 0 Å². The first-order chi connectivity index (χ1) is 8.58. The van der Waals surface area contributed by atoms with Gasteiger partial charge in [-0.2, -0.15) is 4.98 Å². The van der Waals surface area contributed by atoms with Crippen molar-refractivity contribution in [3.8, 4) is 0 Å². The normalized spacial score (nSPS) is 9.58. The van der Waals surface area contributed by atoms with E-state index in [1.165, 1.54) is 12.1 Å². The van der Waals surface area contributed by atoms with Crippen LogP contribution in [-0.2, 0) is 0 Å². The molecule has 0 radical (unpaired) electrons. The van der Waals surface area contributed by atoms with E-state index in [9.17, 15) is 9.18 Å². The Morgan fingerprint density at radius 3 is 2.74 bits per heavy atom. The second-order valence-corrected chi connectivity index (χ2v) is 3.65. The average Bonchev–Trinajstić information content (AvgIpc) is 2.34. The summed E-state index contributed by atoms with van der Waals surface area (Å²) in [6, 6.07) is 6.08. The first-order valence-corrected chi connectivity index (χ1v) is 5.23. The summed E-state index contributed by atoms with van der Waals surface area (Å²) in [5.41, 5.74) is 0.227. The summed E-state index contributed by atoms with van der Waals surface area (Å²) in [5.74, 6) is -2.03. The van der Waals surface area contributed by atoms with Crippen molar-refractivity contribution in [3.05, 3.63) is 47.1 Å². The topological polar surface area (TPSA) is 75.1 Å². The van der Waals surface area contributed by atoms with Crippen LogP contribution in [0.3, 0.4) is 0 Å². The first-order valence-electron chi connectivity index (χ1n) is 4.85. The Morgan fingerprint density at radius 2 is 2.05 bits per heavy atom. The summed E-state index contributed by atoms with van der Waals surface area (Å²) in [7, 11) is 0. The molecular weight excluding hydrogens is 296 g/mol. The second kappa shape index (κ2) is 6.31. The third-order valence-corrected chi connectivity index (χ3v) is 2.31. The summed E-state index contributed by atoms with van der Waals surface area (Å²) in [4.78, 5) is 18.1. The molecule has 2 N–H and O–H groups in total. The van der Waals surface area contributed by atoms with Crippen LogP contribution < -0.4 is 5.32 Å². The molecule has 0 unspecified atom stereocenters. The van der Waals surface area contributed by atoms with Crippen molar-refractivity contribution in [2.45, 2.75) is 0 Å². The number of carboxylic acid groups (broad SMARTS) is 1. The maximum atomic E-state index is 13.4. The number of halogens is 3. The molecule has 0 bridgehead atoms. The van der Waals surface area contributed by atoms with Crippen molar-refractivity contribution in [3.63, 3.8) is 0 Å². The van der Waals surface area contributed by atoms with E-state index in [-0.39, 0.29) is 34.8 Å². The lowest BCUT2D eigenvalue weighted by Crippen LogP contribution is -2.05. The molecule has 5 nitrogen and oxygen atoms in total. The van der Waals surface area contributed by atoms with Crippen molar-refractivity contribution in [2.24, 2.45) is 0 Å². The lowest BCUT2D eigenvalue weighted by molar-refractivity contribution is 0.0698. The van der Waals surface area contributed by atoms with Crippen molar-refractivity contribution in [2.75, 3.05) is 5.32 Å². The molecule has 100 valence electrons. The van der Waals surface area contributed by atoms with E-state index in [4.69, 9.17) is 16.7 Å².